The highest BCUT2D eigenvalue weighted by atomic mass is 32.2. The summed E-state index contributed by atoms with van der Waals surface area (Å²) in [6.45, 7) is 0.348. The molecule has 0 saturated carbocycles. The number of amides is 1. The van der Waals surface area contributed by atoms with Gasteiger partial charge in [-0.3, -0.25) is 14.6 Å². The Morgan fingerprint density at radius 3 is 2.50 bits per heavy atom. The second kappa shape index (κ2) is 10.4. The van der Waals surface area contributed by atoms with E-state index in [-0.39, 0.29) is 24.7 Å². The fourth-order valence-corrected chi connectivity index (χ4v) is 3.63. The predicted octanol–water partition coefficient (Wildman–Crippen LogP) is 1.95. The average Bonchev–Trinajstić information content (AvgIpc) is 2.67. The average molecular weight is 424 g/mol. The van der Waals surface area contributed by atoms with Crippen molar-refractivity contribution in [2.24, 2.45) is 11.7 Å². The molecule has 5 N–H and O–H groups in total. The normalized spacial score (nSPS) is 12.2. The van der Waals surface area contributed by atoms with Crippen LogP contribution in [0.2, 0.25) is 0 Å². The standard InChI is InChI=1S/C18H21N2O6PS/c19-9-14(11-21)10-20-18(22)16-3-1-2-4-17(16)28-12-13-5-7-15(8-6-13)26-27(23,24)25/h1-8,11,14H,9-10,12,19H2,(H,20,22)(H2,23,24,25). The number of nitrogens with one attached hydrogen (secondary N) is 1. The zero-order valence-electron chi connectivity index (χ0n) is 14.9. The van der Waals surface area contributed by atoms with E-state index in [0.29, 0.717) is 11.3 Å². The molecule has 1 atom stereocenters. The molecular formula is C18H21N2O6PS. The number of nitrogens with two attached hydrogens (primary N) is 1. The Labute approximate surface area is 166 Å². The van der Waals surface area contributed by atoms with E-state index < -0.39 is 13.7 Å². The van der Waals surface area contributed by atoms with Crippen LogP contribution in [0.25, 0.3) is 0 Å². The Kier molecular flexibility index (Phi) is 8.22. The van der Waals surface area contributed by atoms with Gasteiger partial charge < -0.3 is 20.4 Å². The first kappa shape index (κ1) is 22.1. The van der Waals surface area contributed by atoms with E-state index in [1.54, 1.807) is 24.3 Å². The van der Waals surface area contributed by atoms with E-state index in [9.17, 15) is 14.2 Å². The van der Waals surface area contributed by atoms with E-state index in [1.165, 1.54) is 23.9 Å². The number of aldehydes is 1. The van der Waals surface area contributed by atoms with Crippen molar-refractivity contribution in [1.29, 1.82) is 0 Å². The van der Waals surface area contributed by atoms with Crippen LogP contribution in [0, 0.1) is 5.92 Å². The van der Waals surface area contributed by atoms with Gasteiger partial charge in [0.1, 0.15) is 12.0 Å². The molecule has 2 rings (SSSR count). The van der Waals surface area contributed by atoms with Gasteiger partial charge in [0, 0.05) is 29.7 Å². The highest BCUT2D eigenvalue weighted by molar-refractivity contribution is 7.98. The Hall–Kier alpha value is -2.16. The smallest absolute Gasteiger partial charge is 0.404 e. The fraction of sp³-hybridized carbons (Fsp3) is 0.222. The van der Waals surface area contributed by atoms with Crippen molar-refractivity contribution in [2.75, 3.05) is 13.1 Å². The molecule has 0 aliphatic heterocycles. The van der Waals surface area contributed by atoms with E-state index in [4.69, 9.17) is 15.5 Å². The number of benzene rings is 2. The van der Waals surface area contributed by atoms with Crippen LogP contribution in [0.4, 0.5) is 0 Å². The summed E-state index contributed by atoms with van der Waals surface area (Å²) >= 11 is 1.44. The fourth-order valence-electron chi connectivity index (χ4n) is 2.23. The van der Waals surface area contributed by atoms with Crippen molar-refractivity contribution in [3.63, 3.8) is 0 Å². The quantitative estimate of drug-likeness (QED) is 0.258. The van der Waals surface area contributed by atoms with Crippen LogP contribution in [-0.4, -0.2) is 35.1 Å². The molecule has 1 amide bonds. The molecule has 150 valence electrons. The Balaban J connectivity index is 2.00. The molecular weight excluding hydrogens is 403 g/mol. The van der Waals surface area contributed by atoms with Gasteiger partial charge in [-0.2, -0.15) is 0 Å². The number of phosphoric ester groups is 1. The zero-order valence-corrected chi connectivity index (χ0v) is 16.6. The van der Waals surface area contributed by atoms with Crippen LogP contribution in [0.15, 0.2) is 53.4 Å². The molecule has 0 fully saturated rings. The highest BCUT2D eigenvalue weighted by Gasteiger charge is 2.16. The predicted molar refractivity (Wildman–Crippen MR) is 106 cm³/mol. The van der Waals surface area contributed by atoms with Crippen LogP contribution in [0.1, 0.15) is 15.9 Å². The number of hydrogen-bond donors (Lipinski definition) is 4. The van der Waals surface area contributed by atoms with Gasteiger partial charge in [0.15, 0.2) is 0 Å². The van der Waals surface area contributed by atoms with E-state index in [2.05, 4.69) is 9.84 Å². The second-order valence-electron chi connectivity index (χ2n) is 5.85. The van der Waals surface area contributed by atoms with Gasteiger partial charge in [0.2, 0.25) is 0 Å². The first-order chi connectivity index (χ1) is 13.3. The Bertz CT molecular complexity index is 855. The molecule has 1 unspecified atom stereocenters. The van der Waals surface area contributed by atoms with Crippen molar-refractivity contribution < 1.29 is 28.5 Å². The van der Waals surface area contributed by atoms with Crippen molar-refractivity contribution in [3.8, 4) is 5.75 Å². The van der Waals surface area contributed by atoms with E-state index in [1.807, 2.05) is 12.1 Å². The SMILES string of the molecule is NCC(C=O)CNC(=O)c1ccccc1SCc1ccc(OP(=O)(O)O)cc1. The first-order valence-corrected chi connectivity index (χ1v) is 10.8. The first-order valence-electron chi connectivity index (χ1n) is 8.32. The molecule has 0 radical (unpaired) electrons. The minimum Gasteiger partial charge on any atom is -0.404 e. The van der Waals surface area contributed by atoms with Crippen LogP contribution in [0.5, 0.6) is 5.75 Å². The number of hydrogen-bond acceptors (Lipinski definition) is 6. The van der Waals surface area contributed by atoms with Crippen molar-refractivity contribution in [1.82, 2.24) is 5.32 Å². The highest BCUT2D eigenvalue weighted by Crippen LogP contribution is 2.37. The minimum atomic E-state index is -4.58. The van der Waals surface area contributed by atoms with Gasteiger partial charge in [0.05, 0.1) is 5.56 Å². The summed E-state index contributed by atoms with van der Waals surface area (Å²) in [5, 5.41) is 2.71. The lowest BCUT2D eigenvalue weighted by Gasteiger charge is -2.12. The molecule has 0 bridgehead atoms. The van der Waals surface area contributed by atoms with Gasteiger partial charge in [-0.15, -0.1) is 11.8 Å². The second-order valence-corrected chi connectivity index (χ2v) is 8.03. The Morgan fingerprint density at radius 2 is 1.89 bits per heavy atom. The van der Waals surface area contributed by atoms with Gasteiger partial charge in [-0.05, 0) is 29.8 Å². The zero-order chi connectivity index (χ0) is 20.6. The monoisotopic (exact) mass is 424 g/mol. The lowest BCUT2D eigenvalue weighted by atomic mass is 10.1. The minimum absolute atomic E-state index is 0.0755. The summed E-state index contributed by atoms with van der Waals surface area (Å²) < 4.78 is 15.3. The molecule has 0 aromatic heterocycles. The number of thioether (sulfide) groups is 1. The van der Waals surface area contributed by atoms with Gasteiger partial charge in [-0.1, -0.05) is 24.3 Å². The summed E-state index contributed by atoms with van der Waals surface area (Å²) in [4.78, 5) is 41.6. The van der Waals surface area contributed by atoms with E-state index in [0.717, 1.165) is 16.7 Å². The molecule has 28 heavy (non-hydrogen) atoms. The lowest BCUT2D eigenvalue weighted by molar-refractivity contribution is -0.110. The summed E-state index contributed by atoms with van der Waals surface area (Å²) in [6, 6.07) is 13.4. The van der Waals surface area contributed by atoms with Crippen LogP contribution < -0.4 is 15.6 Å². The lowest BCUT2D eigenvalue weighted by Crippen LogP contribution is -2.33. The van der Waals surface area contributed by atoms with Crippen LogP contribution in [-0.2, 0) is 15.1 Å². The third-order valence-electron chi connectivity index (χ3n) is 3.69. The summed E-state index contributed by atoms with van der Waals surface area (Å²) in [5.74, 6) is -0.0850. The maximum absolute atomic E-state index is 12.4. The third-order valence-corrected chi connectivity index (χ3v) is 5.29. The molecule has 0 heterocycles. The summed E-state index contributed by atoms with van der Waals surface area (Å²) in [5.41, 5.74) is 6.84. The Morgan fingerprint density at radius 1 is 1.21 bits per heavy atom. The maximum atomic E-state index is 12.4. The van der Waals surface area contributed by atoms with Crippen molar-refractivity contribution >= 4 is 31.8 Å². The molecule has 8 nitrogen and oxygen atoms in total. The molecule has 0 aliphatic rings. The largest absolute Gasteiger partial charge is 0.524 e. The third kappa shape index (κ3) is 7.10. The molecule has 2 aromatic rings. The van der Waals surface area contributed by atoms with Gasteiger partial charge in [-0.25, -0.2) is 4.57 Å². The van der Waals surface area contributed by atoms with Crippen LogP contribution >= 0.6 is 19.6 Å². The van der Waals surface area contributed by atoms with E-state index >= 15 is 0 Å². The van der Waals surface area contributed by atoms with Gasteiger partial charge in [0.25, 0.3) is 5.91 Å². The summed E-state index contributed by atoms with van der Waals surface area (Å²) in [6.07, 6.45) is 0.723. The number of rotatable bonds is 10. The molecule has 0 spiro atoms. The topological polar surface area (TPSA) is 139 Å². The number of carbonyl (C=O) groups is 2. The van der Waals surface area contributed by atoms with Crippen molar-refractivity contribution in [2.45, 2.75) is 10.6 Å². The van der Waals surface area contributed by atoms with Crippen molar-refractivity contribution in [3.05, 3.63) is 59.7 Å². The molecule has 2 aromatic carbocycles. The molecule has 0 saturated heterocycles. The number of phosphoric acid groups is 1. The maximum Gasteiger partial charge on any atom is 0.524 e. The molecule has 10 heteroatoms. The summed E-state index contributed by atoms with van der Waals surface area (Å²) in [7, 11) is -4.58. The van der Waals surface area contributed by atoms with Gasteiger partial charge >= 0.3 is 7.82 Å². The van der Waals surface area contributed by atoms with Crippen LogP contribution in [0.3, 0.4) is 0 Å². The number of carbonyl (C=O) groups excluding carboxylic acids is 2. The molecule has 0 aliphatic carbocycles.